The van der Waals surface area contributed by atoms with Gasteiger partial charge >= 0.3 is 6.18 Å². The van der Waals surface area contributed by atoms with Gasteiger partial charge in [0.15, 0.2) is 5.82 Å². The van der Waals surface area contributed by atoms with E-state index in [1.165, 1.54) is 17.1 Å². The molecule has 4 nitrogen and oxygen atoms in total. The second-order valence-corrected chi connectivity index (χ2v) is 5.70. The fourth-order valence-electron chi connectivity index (χ4n) is 1.95. The second kappa shape index (κ2) is 4.51. The number of hydrazine groups is 1. The van der Waals surface area contributed by atoms with Gasteiger partial charge in [-0.05, 0) is 19.9 Å². The smallest absolute Gasteiger partial charge is 0.272 e. The molecule has 0 spiro atoms. The van der Waals surface area contributed by atoms with Gasteiger partial charge in [-0.3, -0.25) is 14.8 Å². The first kappa shape index (κ1) is 14.9. The van der Waals surface area contributed by atoms with E-state index in [0.717, 1.165) is 6.07 Å². The Morgan fingerprint density at radius 1 is 1.45 bits per heavy atom. The highest BCUT2D eigenvalue weighted by Crippen LogP contribution is 2.37. The van der Waals surface area contributed by atoms with Crippen LogP contribution < -0.4 is 5.01 Å². The third-order valence-electron chi connectivity index (χ3n) is 3.18. The lowest BCUT2D eigenvalue weighted by Crippen LogP contribution is -2.64. The van der Waals surface area contributed by atoms with Gasteiger partial charge in [-0.15, -0.1) is 0 Å². The number of nitrogens with zero attached hydrogens (tertiary/aromatic N) is 3. The molecule has 8 heteroatoms. The summed E-state index contributed by atoms with van der Waals surface area (Å²) in [6.45, 7) is 4.05. The number of carbonyl (C=O) groups excluding carboxylic acids is 1. The zero-order chi connectivity index (χ0) is 15.3. The molecule has 110 valence electrons. The number of pyridine rings is 1. The molecular formula is C12H13ClF3N3O. The average molecular weight is 308 g/mol. The fourth-order valence-corrected chi connectivity index (χ4v) is 2.24. The number of halogens is 4. The number of β-lactam (4-membered cyclic amide) rings is 1. The Balaban J connectivity index is 2.24. The molecule has 0 atom stereocenters. The first-order valence-corrected chi connectivity index (χ1v) is 6.20. The summed E-state index contributed by atoms with van der Waals surface area (Å²) in [7, 11) is 1.54. The summed E-state index contributed by atoms with van der Waals surface area (Å²) < 4.78 is 37.6. The molecule has 1 fully saturated rings. The molecule has 0 N–H and O–H groups in total. The quantitative estimate of drug-likeness (QED) is 0.788. The Hall–Kier alpha value is -1.50. The van der Waals surface area contributed by atoms with E-state index >= 15 is 0 Å². The Bertz CT molecular complexity index is 559. The maximum atomic E-state index is 12.5. The van der Waals surface area contributed by atoms with Crippen LogP contribution in [0, 0.1) is 5.41 Å². The van der Waals surface area contributed by atoms with E-state index in [0.29, 0.717) is 12.7 Å². The van der Waals surface area contributed by atoms with Crippen molar-refractivity contribution in [2.24, 2.45) is 5.41 Å². The minimum atomic E-state index is -4.50. The Morgan fingerprint density at radius 3 is 2.45 bits per heavy atom. The molecule has 1 aromatic rings. The minimum Gasteiger partial charge on any atom is -0.272 e. The van der Waals surface area contributed by atoms with Crippen molar-refractivity contribution >= 4 is 23.3 Å². The molecule has 1 aromatic heterocycles. The van der Waals surface area contributed by atoms with E-state index in [4.69, 9.17) is 11.6 Å². The Morgan fingerprint density at radius 2 is 2.05 bits per heavy atom. The van der Waals surface area contributed by atoms with Crippen LogP contribution in [0.4, 0.5) is 19.0 Å². The SMILES string of the molecule is CN(c1ncc(C(F)(F)F)cc1Cl)N1CC(C)(C)C1=O. The molecule has 20 heavy (non-hydrogen) atoms. The maximum absolute atomic E-state index is 12.5. The second-order valence-electron chi connectivity index (χ2n) is 5.30. The predicted octanol–water partition coefficient (Wildman–Crippen LogP) is 2.97. The van der Waals surface area contributed by atoms with Crippen LogP contribution in [0.25, 0.3) is 0 Å². The van der Waals surface area contributed by atoms with Crippen LogP contribution in [0.3, 0.4) is 0 Å². The van der Waals surface area contributed by atoms with Crippen LogP contribution in [-0.2, 0) is 11.0 Å². The van der Waals surface area contributed by atoms with Crippen LogP contribution >= 0.6 is 11.6 Å². The predicted molar refractivity (Wildman–Crippen MR) is 68.1 cm³/mol. The monoisotopic (exact) mass is 307 g/mol. The lowest BCUT2D eigenvalue weighted by molar-refractivity contribution is -0.157. The lowest BCUT2D eigenvalue weighted by atomic mass is 9.84. The van der Waals surface area contributed by atoms with E-state index in [1.54, 1.807) is 13.8 Å². The van der Waals surface area contributed by atoms with Crippen LogP contribution in [0.5, 0.6) is 0 Å². The molecule has 1 aliphatic rings. The highest BCUT2D eigenvalue weighted by atomic mass is 35.5. The number of anilines is 1. The number of carbonyl (C=O) groups is 1. The molecule has 0 saturated carbocycles. The summed E-state index contributed by atoms with van der Waals surface area (Å²) in [4.78, 5) is 15.6. The summed E-state index contributed by atoms with van der Waals surface area (Å²) in [5.41, 5.74) is -1.39. The first-order valence-electron chi connectivity index (χ1n) is 5.82. The molecule has 0 bridgehead atoms. The highest BCUT2D eigenvalue weighted by Gasteiger charge is 2.47. The minimum absolute atomic E-state index is 0.114. The van der Waals surface area contributed by atoms with Gasteiger partial charge in [0.1, 0.15) is 0 Å². The van der Waals surface area contributed by atoms with E-state index in [-0.39, 0.29) is 16.7 Å². The number of hydrogen-bond donors (Lipinski definition) is 0. The highest BCUT2D eigenvalue weighted by molar-refractivity contribution is 6.33. The topological polar surface area (TPSA) is 36.4 Å². The van der Waals surface area contributed by atoms with Crippen molar-refractivity contribution in [3.8, 4) is 0 Å². The summed E-state index contributed by atoms with van der Waals surface area (Å²) in [6, 6.07) is 0.801. The van der Waals surface area contributed by atoms with Gasteiger partial charge in [-0.25, -0.2) is 4.98 Å². The molecule has 1 amide bonds. The molecule has 0 unspecified atom stereocenters. The van der Waals surface area contributed by atoms with Gasteiger partial charge in [0.2, 0.25) is 5.91 Å². The molecular weight excluding hydrogens is 295 g/mol. The van der Waals surface area contributed by atoms with E-state index in [2.05, 4.69) is 4.98 Å². The number of amides is 1. The Labute approximate surface area is 119 Å². The van der Waals surface area contributed by atoms with Gasteiger partial charge in [0, 0.05) is 13.2 Å². The van der Waals surface area contributed by atoms with Crippen LogP contribution in [0.15, 0.2) is 12.3 Å². The van der Waals surface area contributed by atoms with Gasteiger partial charge in [0.25, 0.3) is 0 Å². The van der Waals surface area contributed by atoms with Crippen molar-refractivity contribution in [3.05, 3.63) is 22.8 Å². The van der Waals surface area contributed by atoms with Crippen molar-refractivity contribution in [1.29, 1.82) is 0 Å². The number of aromatic nitrogens is 1. The molecule has 0 aromatic carbocycles. The number of rotatable bonds is 2. The Kier molecular flexibility index (Phi) is 3.36. The fraction of sp³-hybridized carbons (Fsp3) is 0.500. The average Bonchev–Trinajstić information content (AvgIpc) is 2.33. The zero-order valence-corrected chi connectivity index (χ0v) is 11.9. The van der Waals surface area contributed by atoms with Crippen molar-refractivity contribution in [2.75, 3.05) is 18.6 Å². The summed E-state index contributed by atoms with van der Waals surface area (Å²) >= 11 is 5.83. The standard InChI is InChI=1S/C12H13ClF3N3O/c1-11(2)6-19(10(11)20)18(3)9-8(13)4-7(5-17-9)12(14,15)16/h4-5H,6H2,1-3H3. The van der Waals surface area contributed by atoms with E-state index in [1.807, 2.05) is 0 Å². The molecule has 0 radical (unpaired) electrons. The molecule has 2 heterocycles. The van der Waals surface area contributed by atoms with E-state index < -0.39 is 17.2 Å². The van der Waals surface area contributed by atoms with Crippen molar-refractivity contribution in [2.45, 2.75) is 20.0 Å². The van der Waals surface area contributed by atoms with Gasteiger partial charge in [-0.2, -0.15) is 13.2 Å². The first-order chi connectivity index (χ1) is 9.04. The third kappa shape index (κ3) is 2.42. The van der Waals surface area contributed by atoms with Crippen LogP contribution in [-0.4, -0.2) is 29.5 Å². The molecule has 0 aliphatic carbocycles. The molecule has 2 rings (SSSR count). The summed E-state index contributed by atoms with van der Waals surface area (Å²) in [5.74, 6) is -0.0127. The van der Waals surface area contributed by atoms with Gasteiger partial charge in [-0.1, -0.05) is 11.6 Å². The summed E-state index contributed by atoms with van der Waals surface area (Å²) in [5, 5.41) is 2.61. The normalized spacial score (nSPS) is 17.9. The van der Waals surface area contributed by atoms with E-state index in [9.17, 15) is 18.0 Å². The lowest BCUT2D eigenvalue weighted by Gasteiger charge is -2.48. The molecule has 1 aliphatic heterocycles. The summed E-state index contributed by atoms with van der Waals surface area (Å²) in [6.07, 6.45) is -3.80. The van der Waals surface area contributed by atoms with Gasteiger partial charge < -0.3 is 0 Å². The molecule has 1 saturated heterocycles. The van der Waals surface area contributed by atoms with Crippen LogP contribution in [0.1, 0.15) is 19.4 Å². The van der Waals surface area contributed by atoms with Crippen LogP contribution in [0.2, 0.25) is 5.02 Å². The number of hydrogen-bond acceptors (Lipinski definition) is 3. The number of alkyl halides is 3. The third-order valence-corrected chi connectivity index (χ3v) is 3.45. The maximum Gasteiger partial charge on any atom is 0.417 e. The largest absolute Gasteiger partial charge is 0.417 e. The zero-order valence-electron chi connectivity index (χ0n) is 11.1. The van der Waals surface area contributed by atoms with Gasteiger partial charge in [0.05, 0.1) is 22.5 Å². The van der Waals surface area contributed by atoms with Crippen molar-refractivity contribution in [1.82, 2.24) is 9.99 Å². The van der Waals surface area contributed by atoms with Crippen molar-refractivity contribution in [3.63, 3.8) is 0 Å². The van der Waals surface area contributed by atoms with Crippen molar-refractivity contribution < 1.29 is 18.0 Å².